The number of nitriles is 1. The number of nitrogens with zero attached hydrogens (tertiary/aromatic N) is 4. The van der Waals surface area contributed by atoms with E-state index in [0.717, 1.165) is 28.8 Å². The highest BCUT2D eigenvalue weighted by Gasteiger charge is 2.18. The van der Waals surface area contributed by atoms with Gasteiger partial charge in [0.2, 0.25) is 5.91 Å². The second kappa shape index (κ2) is 6.81. The van der Waals surface area contributed by atoms with Gasteiger partial charge in [-0.3, -0.25) is 9.20 Å². The van der Waals surface area contributed by atoms with Gasteiger partial charge in [0.1, 0.15) is 11.9 Å². The maximum Gasteiger partial charge on any atom is 0.239 e. The molecule has 0 atom stereocenters. The number of rotatable bonds is 5. The van der Waals surface area contributed by atoms with Crippen LogP contribution in [0.3, 0.4) is 0 Å². The van der Waals surface area contributed by atoms with Gasteiger partial charge in [0, 0.05) is 13.6 Å². The smallest absolute Gasteiger partial charge is 0.239 e. The van der Waals surface area contributed by atoms with Gasteiger partial charge >= 0.3 is 0 Å². The van der Waals surface area contributed by atoms with Crippen molar-refractivity contribution in [1.29, 1.82) is 5.26 Å². The number of nitrogens with one attached hydrogen (secondary N) is 1. The minimum Gasteiger partial charge on any atom is -0.355 e. The number of aryl methyl sites for hydroxylation is 1. The van der Waals surface area contributed by atoms with Crippen LogP contribution >= 0.6 is 0 Å². The Morgan fingerprint density at radius 2 is 2.16 bits per heavy atom. The Kier molecular flexibility index (Phi) is 4.57. The fourth-order valence-electron chi connectivity index (χ4n) is 2.97. The van der Waals surface area contributed by atoms with E-state index in [0.29, 0.717) is 17.8 Å². The number of hydrogen-bond donors (Lipinski definition) is 1. The molecular formula is C19H21N5O. The van der Waals surface area contributed by atoms with Gasteiger partial charge in [0.05, 0.1) is 23.1 Å². The molecule has 0 bridgehead atoms. The average Bonchev–Trinajstić information content (AvgIpc) is 2.98. The second-order valence-corrected chi connectivity index (χ2v) is 6.14. The summed E-state index contributed by atoms with van der Waals surface area (Å²) in [6.45, 7) is 4.83. The van der Waals surface area contributed by atoms with Crippen molar-refractivity contribution in [3.05, 3.63) is 41.5 Å². The van der Waals surface area contributed by atoms with Crippen molar-refractivity contribution in [2.75, 3.05) is 25.0 Å². The highest BCUT2D eigenvalue weighted by Crippen LogP contribution is 2.28. The molecule has 6 nitrogen and oxygen atoms in total. The van der Waals surface area contributed by atoms with E-state index in [1.165, 1.54) is 0 Å². The third-order valence-corrected chi connectivity index (χ3v) is 4.21. The monoisotopic (exact) mass is 335 g/mol. The van der Waals surface area contributed by atoms with E-state index in [1.807, 2.05) is 60.5 Å². The summed E-state index contributed by atoms with van der Waals surface area (Å²) >= 11 is 0. The molecule has 2 heterocycles. The number of imidazole rings is 1. The van der Waals surface area contributed by atoms with Gasteiger partial charge in [-0.25, -0.2) is 4.98 Å². The summed E-state index contributed by atoms with van der Waals surface area (Å²) in [5.41, 5.74) is 3.78. The SMILES string of the molecule is CCCNC(=O)CN(C)c1cc(C)c(C#N)c2nc3ccccc3n12. The molecule has 0 saturated carbocycles. The van der Waals surface area contributed by atoms with Crippen molar-refractivity contribution in [2.45, 2.75) is 20.3 Å². The predicted octanol–water partition coefficient (Wildman–Crippen LogP) is 2.63. The summed E-state index contributed by atoms with van der Waals surface area (Å²) in [5, 5.41) is 12.4. The zero-order chi connectivity index (χ0) is 18.0. The lowest BCUT2D eigenvalue weighted by atomic mass is 10.1. The molecule has 0 spiro atoms. The number of carbonyl (C=O) groups excluding carboxylic acids is 1. The van der Waals surface area contributed by atoms with E-state index in [1.54, 1.807) is 0 Å². The fraction of sp³-hybridized carbons (Fsp3) is 0.316. The number of carbonyl (C=O) groups is 1. The number of pyridine rings is 1. The van der Waals surface area contributed by atoms with Crippen LogP contribution in [0.15, 0.2) is 30.3 Å². The van der Waals surface area contributed by atoms with Crippen LogP contribution in [-0.2, 0) is 4.79 Å². The number of hydrogen-bond acceptors (Lipinski definition) is 4. The lowest BCUT2D eigenvalue weighted by molar-refractivity contribution is -0.119. The lowest BCUT2D eigenvalue weighted by Crippen LogP contribution is -2.36. The highest BCUT2D eigenvalue weighted by atomic mass is 16.2. The molecule has 128 valence electrons. The van der Waals surface area contributed by atoms with Gasteiger partial charge in [0.25, 0.3) is 0 Å². The summed E-state index contributed by atoms with van der Waals surface area (Å²) in [6.07, 6.45) is 0.905. The second-order valence-electron chi connectivity index (χ2n) is 6.14. The van der Waals surface area contributed by atoms with Crippen molar-refractivity contribution in [1.82, 2.24) is 14.7 Å². The number of aromatic nitrogens is 2. The largest absolute Gasteiger partial charge is 0.355 e. The fourth-order valence-corrected chi connectivity index (χ4v) is 2.97. The van der Waals surface area contributed by atoms with Crippen LogP contribution in [-0.4, -0.2) is 35.4 Å². The quantitative estimate of drug-likeness (QED) is 0.778. The van der Waals surface area contributed by atoms with Gasteiger partial charge in [0.15, 0.2) is 5.65 Å². The Bertz CT molecular complexity index is 983. The van der Waals surface area contributed by atoms with E-state index < -0.39 is 0 Å². The molecule has 0 aliphatic rings. The molecule has 1 aromatic carbocycles. The maximum absolute atomic E-state index is 12.1. The van der Waals surface area contributed by atoms with Crippen LogP contribution in [0, 0.1) is 18.3 Å². The summed E-state index contributed by atoms with van der Waals surface area (Å²) in [6, 6.07) is 12.0. The standard InChI is InChI=1S/C19H21N5O/c1-4-9-21-17(25)12-23(3)18-10-13(2)14(11-20)19-22-15-7-5-6-8-16(15)24(18)19/h5-8,10H,4,9,12H2,1-3H3,(H,21,25). The number of likely N-dealkylation sites (N-methyl/N-ethyl adjacent to an activating group) is 1. The van der Waals surface area contributed by atoms with E-state index in [-0.39, 0.29) is 12.5 Å². The van der Waals surface area contributed by atoms with Crippen LogP contribution in [0.2, 0.25) is 0 Å². The molecule has 3 aromatic rings. The molecule has 3 rings (SSSR count). The Labute approximate surface area is 146 Å². The van der Waals surface area contributed by atoms with E-state index >= 15 is 0 Å². The van der Waals surface area contributed by atoms with Crippen LogP contribution in [0.5, 0.6) is 0 Å². The van der Waals surface area contributed by atoms with Crippen LogP contribution in [0.4, 0.5) is 5.82 Å². The third-order valence-electron chi connectivity index (χ3n) is 4.21. The van der Waals surface area contributed by atoms with E-state index in [2.05, 4.69) is 16.4 Å². The minimum atomic E-state index is -0.0241. The zero-order valence-electron chi connectivity index (χ0n) is 14.7. The predicted molar refractivity (Wildman–Crippen MR) is 98.7 cm³/mol. The molecule has 1 N–H and O–H groups in total. The van der Waals surface area contributed by atoms with Crippen molar-refractivity contribution < 1.29 is 4.79 Å². The molecule has 2 aromatic heterocycles. The topological polar surface area (TPSA) is 73.4 Å². The molecule has 0 radical (unpaired) electrons. The molecule has 0 aliphatic heterocycles. The van der Waals surface area contributed by atoms with Crippen LogP contribution in [0.1, 0.15) is 24.5 Å². The van der Waals surface area contributed by atoms with Crippen molar-refractivity contribution in [3.63, 3.8) is 0 Å². The Balaban J connectivity index is 2.14. The van der Waals surface area contributed by atoms with Gasteiger partial charge < -0.3 is 10.2 Å². The molecule has 0 unspecified atom stereocenters. The molecule has 6 heteroatoms. The first-order valence-electron chi connectivity index (χ1n) is 8.35. The molecule has 0 aliphatic carbocycles. The Morgan fingerprint density at radius 1 is 1.40 bits per heavy atom. The maximum atomic E-state index is 12.1. The minimum absolute atomic E-state index is 0.0241. The molecule has 1 amide bonds. The molecular weight excluding hydrogens is 314 g/mol. The summed E-state index contributed by atoms with van der Waals surface area (Å²) in [7, 11) is 1.88. The number of fused-ring (bicyclic) bond motifs is 3. The van der Waals surface area contributed by atoms with Crippen LogP contribution < -0.4 is 10.2 Å². The normalized spacial score (nSPS) is 10.8. The number of anilines is 1. The van der Waals surface area contributed by atoms with Crippen molar-refractivity contribution in [2.24, 2.45) is 0 Å². The average molecular weight is 335 g/mol. The number of amides is 1. The first-order valence-corrected chi connectivity index (χ1v) is 8.35. The Hall–Kier alpha value is -3.07. The van der Waals surface area contributed by atoms with Crippen LogP contribution in [0.25, 0.3) is 16.7 Å². The van der Waals surface area contributed by atoms with Crippen molar-refractivity contribution >= 4 is 28.4 Å². The summed E-state index contributed by atoms with van der Waals surface area (Å²) < 4.78 is 1.95. The molecule has 25 heavy (non-hydrogen) atoms. The molecule has 0 saturated heterocycles. The van der Waals surface area contributed by atoms with Gasteiger partial charge in [-0.2, -0.15) is 5.26 Å². The van der Waals surface area contributed by atoms with E-state index in [9.17, 15) is 10.1 Å². The van der Waals surface area contributed by atoms with Gasteiger partial charge in [-0.05, 0) is 37.1 Å². The first kappa shape index (κ1) is 16.8. The molecule has 0 fully saturated rings. The first-order chi connectivity index (χ1) is 12.1. The third kappa shape index (κ3) is 3.01. The van der Waals surface area contributed by atoms with Gasteiger partial charge in [-0.15, -0.1) is 0 Å². The zero-order valence-corrected chi connectivity index (χ0v) is 14.7. The highest BCUT2D eigenvalue weighted by molar-refractivity contribution is 5.86. The summed E-state index contributed by atoms with van der Waals surface area (Å²) in [5.74, 6) is 0.816. The summed E-state index contributed by atoms with van der Waals surface area (Å²) in [4.78, 5) is 18.6. The van der Waals surface area contributed by atoms with Gasteiger partial charge in [-0.1, -0.05) is 19.1 Å². The Morgan fingerprint density at radius 3 is 2.88 bits per heavy atom. The number of para-hydroxylation sites is 2. The van der Waals surface area contributed by atoms with E-state index in [4.69, 9.17) is 0 Å². The lowest BCUT2D eigenvalue weighted by Gasteiger charge is -2.21. The van der Waals surface area contributed by atoms with Crippen molar-refractivity contribution in [3.8, 4) is 6.07 Å². The number of benzene rings is 1.